The summed E-state index contributed by atoms with van der Waals surface area (Å²) in [6.07, 6.45) is -0.0589. The molecule has 2 aromatic rings. The third kappa shape index (κ3) is 2.46. The Morgan fingerprint density at radius 1 is 1.14 bits per heavy atom. The molecule has 0 radical (unpaired) electrons. The summed E-state index contributed by atoms with van der Waals surface area (Å²) >= 11 is 6.23. The second-order valence-corrected chi connectivity index (χ2v) is 6.93. The summed E-state index contributed by atoms with van der Waals surface area (Å²) in [5.74, 6) is 0.885. The van der Waals surface area contributed by atoms with E-state index in [0.29, 0.717) is 6.04 Å². The number of anilines is 1. The molecule has 2 nitrogen and oxygen atoms in total. The molecule has 0 spiro atoms. The van der Waals surface area contributed by atoms with Crippen molar-refractivity contribution in [1.82, 2.24) is 0 Å². The number of benzene rings is 2. The molecule has 0 bridgehead atoms. The number of rotatable bonds is 3. The van der Waals surface area contributed by atoms with Crippen LogP contribution in [0.2, 0.25) is 5.02 Å². The first-order valence-electron chi connectivity index (χ1n) is 7.71. The number of nitrogens with zero attached hydrogens (tertiary/aromatic N) is 1. The van der Waals surface area contributed by atoms with Gasteiger partial charge in [-0.05, 0) is 43.7 Å². The largest absolute Gasteiger partial charge is 0.471 e. The molecule has 3 heteroatoms. The van der Waals surface area contributed by atoms with Crippen molar-refractivity contribution in [2.24, 2.45) is 0 Å². The summed E-state index contributed by atoms with van der Waals surface area (Å²) in [6.45, 7) is 8.90. The third-order valence-corrected chi connectivity index (χ3v) is 5.07. The van der Waals surface area contributed by atoms with E-state index in [-0.39, 0.29) is 11.6 Å². The van der Waals surface area contributed by atoms with Crippen LogP contribution in [0.1, 0.15) is 33.3 Å². The number of hydrogen-bond acceptors (Lipinski definition) is 2. The van der Waals surface area contributed by atoms with E-state index >= 15 is 0 Å². The van der Waals surface area contributed by atoms with Crippen molar-refractivity contribution in [2.45, 2.75) is 45.4 Å². The van der Waals surface area contributed by atoms with Gasteiger partial charge in [-0.25, -0.2) is 0 Å². The van der Waals surface area contributed by atoms with E-state index in [1.165, 1.54) is 11.3 Å². The van der Waals surface area contributed by atoms with Crippen LogP contribution in [0.25, 0.3) is 0 Å². The minimum atomic E-state index is -0.0589. The van der Waals surface area contributed by atoms with Crippen LogP contribution in [0.3, 0.4) is 0 Å². The molecule has 2 aromatic carbocycles. The molecule has 1 aliphatic heterocycles. The van der Waals surface area contributed by atoms with Gasteiger partial charge >= 0.3 is 0 Å². The second kappa shape index (κ2) is 5.51. The topological polar surface area (TPSA) is 12.5 Å². The van der Waals surface area contributed by atoms with Crippen molar-refractivity contribution >= 4 is 17.3 Å². The molecule has 1 aliphatic rings. The predicted molar refractivity (Wildman–Crippen MR) is 93.0 cm³/mol. The maximum Gasteiger partial charge on any atom is 0.169 e. The first-order chi connectivity index (χ1) is 10.4. The maximum atomic E-state index is 6.23. The molecule has 2 atom stereocenters. The van der Waals surface area contributed by atoms with Crippen LogP contribution < -0.4 is 9.64 Å². The zero-order valence-corrected chi connectivity index (χ0v) is 14.3. The maximum absolute atomic E-state index is 6.23. The van der Waals surface area contributed by atoms with Gasteiger partial charge in [-0.3, -0.25) is 0 Å². The molecule has 0 N–H and O–H groups in total. The van der Waals surface area contributed by atoms with Gasteiger partial charge in [0.1, 0.15) is 5.75 Å². The molecule has 0 aliphatic carbocycles. The van der Waals surface area contributed by atoms with E-state index < -0.39 is 0 Å². The predicted octanol–water partition coefficient (Wildman–Crippen LogP) is 5.25. The lowest BCUT2D eigenvalue weighted by Gasteiger charge is -2.35. The van der Waals surface area contributed by atoms with Gasteiger partial charge in [-0.2, -0.15) is 0 Å². The summed E-state index contributed by atoms with van der Waals surface area (Å²) in [4.78, 5) is 2.33. The number of halogens is 1. The van der Waals surface area contributed by atoms with Gasteiger partial charge in [0.05, 0.1) is 0 Å². The minimum Gasteiger partial charge on any atom is -0.471 e. The standard InChI is InChI=1S/C19H22ClNO/c1-13-19(3,4)17-11-10-15(20)12-18(17)21(13)14(2)22-16-8-6-5-7-9-16/h5-14H,1-4H3. The van der Waals surface area contributed by atoms with Crippen molar-refractivity contribution in [3.05, 3.63) is 59.1 Å². The Morgan fingerprint density at radius 3 is 2.50 bits per heavy atom. The summed E-state index contributed by atoms with van der Waals surface area (Å²) in [7, 11) is 0. The lowest BCUT2D eigenvalue weighted by atomic mass is 9.81. The van der Waals surface area contributed by atoms with E-state index in [2.05, 4.69) is 38.7 Å². The molecule has 22 heavy (non-hydrogen) atoms. The van der Waals surface area contributed by atoms with E-state index in [9.17, 15) is 0 Å². The fourth-order valence-corrected chi connectivity index (χ4v) is 3.47. The van der Waals surface area contributed by atoms with Crippen LogP contribution in [0, 0.1) is 0 Å². The lowest BCUT2D eigenvalue weighted by molar-refractivity contribution is 0.197. The Morgan fingerprint density at radius 2 is 1.82 bits per heavy atom. The third-order valence-electron chi connectivity index (χ3n) is 4.84. The number of ether oxygens (including phenoxy) is 1. The smallest absolute Gasteiger partial charge is 0.169 e. The van der Waals surface area contributed by atoms with Gasteiger partial charge < -0.3 is 9.64 Å². The molecule has 0 amide bonds. The van der Waals surface area contributed by atoms with Crippen molar-refractivity contribution in [3.63, 3.8) is 0 Å². The lowest BCUT2D eigenvalue weighted by Crippen LogP contribution is -2.46. The molecule has 116 valence electrons. The van der Waals surface area contributed by atoms with Crippen LogP contribution in [0.5, 0.6) is 5.75 Å². The highest BCUT2D eigenvalue weighted by Gasteiger charge is 2.44. The second-order valence-electron chi connectivity index (χ2n) is 6.50. The van der Waals surface area contributed by atoms with Crippen LogP contribution in [-0.4, -0.2) is 12.3 Å². The number of para-hydroxylation sites is 1. The Bertz CT molecular complexity index is 668. The van der Waals surface area contributed by atoms with Crippen molar-refractivity contribution < 1.29 is 4.74 Å². The molecule has 0 saturated carbocycles. The van der Waals surface area contributed by atoms with Crippen LogP contribution in [-0.2, 0) is 5.41 Å². The normalized spacial score (nSPS) is 20.6. The van der Waals surface area contributed by atoms with Gasteiger partial charge in [-0.1, -0.05) is 49.7 Å². The van der Waals surface area contributed by atoms with E-state index in [0.717, 1.165) is 10.8 Å². The fourth-order valence-electron chi connectivity index (χ4n) is 3.31. The van der Waals surface area contributed by atoms with Gasteiger partial charge in [-0.15, -0.1) is 0 Å². The number of fused-ring (bicyclic) bond motifs is 1. The molecule has 0 aromatic heterocycles. The van der Waals surface area contributed by atoms with Crippen LogP contribution >= 0.6 is 11.6 Å². The molecular weight excluding hydrogens is 294 g/mol. The highest BCUT2D eigenvalue weighted by Crippen LogP contribution is 2.47. The highest BCUT2D eigenvalue weighted by atomic mass is 35.5. The Balaban J connectivity index is 1.95. The first-order valence-corrected chi connectivity index (χ1v) is 8.09. The zero-order chi connectivity index (χ0) is 15.9. The number of hydrogen-bond donors (Lipinski definition) is 0. The average Bonchev–Trinajstić information content (AvgIpc) is 2.67. The first kappa shape index (κ1) is 15.2. The van der Waals surface area contributed by atoms with Gasteiger partial charge in [0.15, 0.2) is 6.23 Å². The van der Waals surface area contributed by atoms with Gasteiger partial charge in [0.25, 0.3) is 0 Å². The Kier molecular flexibility index (Phi) is 3.82. The summed E-state index contributed by atoms with van der Waals surface area (Å²) in [5, 5.41) is 0.764. The quantitative estimate of drug-likeness (QED) is 0.767. The van der Waals surface area contributed by atoms with E-state index in [1.54, 1.807) is 0 Å². The highest BCUT2D eigenvalue weighted by molar-refractivity contribution is 6.30. The summed E-state index contributed by atoms with van der Waals surface area (Å²) in [5.41, 5.74) is 2.56. The molecule has 3 rings (SSSR count). The van der Waals surface area contributed by atoms with Crippen LogP contribution in [0.15, 0.2) is 48.5 Å². The molecule has 2 unspecified atom stereocenters. The van der Waals surface area contributed by atoms with Crippen LogP contribution in [0.4, 0.5) is 5.69 Å². The van der Waals surface area contributed by atoms with Gasteiger partial charge in [0, 0.05) is 22.2 Å². The molecule has 0 fully saturated rings. The summed E-state index contributed by atoms with van der Waals surface area (Å²) < 4.78 is 6.14. The fraction of sp³-hybridized carbons (Fsp3) is 0.368. The Hall–Kier alpha value is -1.67. The monoisotopic (exact) mass is 315 g/mol. The van der Waals surface area contributed by atoms with E-state index in [4.69, 9.17) is 16.3 Å². The average molecular weight is 316 g/mol. The van der Waals surface area contributed by atoms with Crippen molar-refractivity contribution in [1.29, 1.82) is 0 Å². The molecule has 0 saturated heterocycles. The summed E-state index contributed by atoms with van der Waals surface area (Å²) in [6, 6.07) is 16.4. The minimum absolute atomic E-state index is 0.0589. The Labute approximate surface area is 137 Å². The molecule has 1 heterocycles. The van der Waals surface area contributed by atoms with Crippen molar-refractivity contribution in [3.8, 4) is 5.75 Å². The van der Waals surface area contributed by atoms with Crippen molar-refractivity contribution in [2.75, 3.05) is 4.90 Å². The SMILES string of the molecule is CC(Oc1ccccc1)N1c2cc(Cl)ccc2C(C)(C)C1C. The zero-order valence-electron chi connectivity index (χ0n) is 13.5. The van der Waals surface area contributed by atoms with Gasteiger partial charge in [0.2, 0.25) is 0 Å². The molecular formula is C19H22ClNO. The van der Waals surface area contributed by atoms with E-state index in [1.807, 2.05) is 42.5 Å².